The Morgan fingerprint density at radius 2 is 2.13 bits per heavy atom. The summed E-state index contributed by atoms with van der Waals surface area (Å²) in [5.41, 5.74) is 1.19. The fourth-order valence-electron chi connectivity index (χ4n) is 1.58. The van der Waals surface area contributed by atoms with Crippen molar-refractivity contribution in [3.63, 3.8) is 0 Å². The molecule has 0 spiro atoms. The van der Waals surface area contributed by atoms with Gasteiger partial charge in [0.25, 0.3) is 0 Å². The van der Waals surface area contributed by atoms with Crippen molar-refractivity contribution in [3.8, 4) is 10.6 Å². The van der Waals surface area contributed by atoms with Crippen LogP contribution in [0.1, 0.15) is 24.8 Å². The highest BCUT2D eigenvalue weighted by Gasteiger charge is 2.13. The SMILES string of the molecule is Cc1ccc(-c2cnc(Br)n2C(C)C)s1. The van der Waals surface area contributed by atoms with Gasteiger partial charge in [-0.3, -0.25) is 0 Å². The van der Waals surface area contributed by atoms with Crippen molar-refractivity contribution in [1.29, 1.82) is 0 Å². The maximum atomic E-state index is 4.31. The molecular formula is C11H13BrN2S. The zero-order valence-electron chi connectivity index (χ0n) is 8.99. The monoisotopic (exact) mass is 284 g/mol. The lowest BCUT2D eigenvalue weighted by atomic mass is 10.3. The Morgan fingerprint density at radius 3 is 2.67 bits per heavy atom. The van der Waals surface area contributed by atoms with Gasteiger partial charge in [-0.25, -0.2) is 4.98 Å². The van der Waals surface area contributed by atoms with Gasteiger partial charge in [0, 0.05) is 10.9 Å². The highest BCUT2D eigenvalue weighted by atomic mass is 79.9. The van der Waals surface area contributed by atoms with Crippen LogP contribution < -0.4 is 0 Å². The smallest absolute Gasteiger partial charge is 0.177 e. The van der Waals surface area contributed by atoms with Crippen LogP contribution in [0.15, 0.2) is 23.1 Å². The number of aryl methyl sites for hydroxylation is 1. The van der Waals surface area contributed by atoms with Crippen LogP contribution in [0.5, 0.6) is 0 Å². The lowest BCUT2D eigenvalue weighted by Gasteiger charge is -2.11. The maximum Gasteiger partial charge on any atom is 0.177 e. The molecule has 0 atom stereocenters. The van der Waals surface area contributed by atoms with Crippen LogP contribution in [-0.4, -0.2) is 9.55 Å². The molecule has 0 aromatic carbocycles. The van der Waals surface area contributed by atoms with E-state index in [2.05, 4.69) is 58.4 Å². The largest absolute Gasteiger partial charge is 0.315 e. The number of halogens is 1. The topological polar surface area (TPSA) is 17.8 Å². The van der Waals surface area contributed by atoms with Gasteiger partial charge in [0.15, 0.2) is 4.73 Å². The van der Waals surface area contributed by atoms with Crippen molar-refractivity contribution in [2.75, 3.05) is 0 Å². The minimum atomic E-state index is 0.416. The molecule has 0 aliphatic carbocycles. The van der Waals surface area contributed by atoms with Crippen LogP contribution in [0.3, 0.4) is 0 Å². The Hall–Kier alpha value is -0.610. The summed E-state index contributed by atoms with van der Waals surface area (Å²) in [5, 5.41) is 0. The molecule has 2 heterocycles. The van der Waals surface area contributed by atoms with E-state index in [-0.39, 0.29) is 0 Å². The Morgan fingerprint density at radius 1 is 1.40 bits per heavy atom. The van der Waals surface area contributed by atoms with Gasteiger partial charge in [0.05, 0.1) is 16.8 Å². The first kappa shape index (κ1) is 10.9. The number of aromatic nitrogens is 2. The molecule has 2 rings (SSSR count). The minimum absolute atomic E-state index is 0.416. The predicted octanol–water partition coefficient (Wildman–Crippen LogP) is 4.26. The van der Waals surface area contributed by atoms with Gasteiger partial charge >= 0.3 is 0 Å². The Kier molecular flexibility index (Phi) is 2.98. The van der Waals surface area contributed by atoms with Gasteiger partial charge < -0.3 is 4.57 Å². The third-order valence-corrected chi connectivity index (χ3v) is 3.87. The van der Waals surface area contributed by atoms with Crippen molar-refractivity contribution in [2.24, 2.45) is 0 Å². The van der Waals surface area contributed by atoms with Crippen LogP contribution in [0.25, 0.3) is 10.6 Å². The number of rotatable bonds is 2. The highest BCUT2D eigenvalue weighted by Crippen LogP contribution is 2.31. The summed E-state index contributed by atoms with van der Waals surface area (Å²) in [6, 6.07) is 4.72. The van der Waals surface area contributed by atoms with Gasteiger partial charge in [-0.15, -0.1) is 11.3 Å². The van der Waals surface area contributed by atoms with E-state index < -0.39 is 0 Å². The molecule has 2 aromatic heterocycles. The van der Waals surface area contributed by atoms with E-state index in [1.165, 1.54) is 15.4 Å². The summed E-state index contributed by atoms with van der Waals surface area (Å²) >= 11 is 5.28. The van der Waals surface area contributed by atoms with E-state index in [0.717, 1.165) is 4.73 Å². The molecule has 0 saturated carbocycles. The summed E-state index contributed by atoms with van der Waals surface area (Å²) in [5.74, 6) is 0. The van der Waals surface area contributed by atoms with Crippen LogP contribution in [0, 0.1) is 6.92 Å². The first-order valence-corrected chi connectivity index (χ1v) is 6.50. The highest BCUT2D eigenvalue weighted by molar-refractivity contribution is 9.10. The third-order valence-electron chi connectivity index (χ3n) is 2.26. The summed E-state index contributed by atoms with van der Waals surface area (Å²) in [6.45, 7) is 6.45. The molecule has 15 heavy (non-hydrogen) atoms. The van der Waals surface area contributed by atoms with E-state index in [9.17, 15) is 0 Å². The summed E-state index contributed by atoms with van der Waals surface area (Å²) in [4.78, 5) is 6.92. The zero-order valence-corrected chi connectivity index (χ0v) is 11.4. The van der Waals surface area contributed by atoms with Gasteiger partial charge in [-0.05, 0) is 48.8 Å². The lowest BCUT2D eigenvalue weighted by molar-refractivity contribution is 0.593. The number of hydrogen-bond acceptors (Lipinski definition) is 2. The van der Waals surface area contributed by atoms with Crippen LogP contribution in [0.4, 0.5) is 0 Å². The van der Waals surface area contributed by atoms with Crippen molar-refractivity contribution < 1.29 is 0 Å². The summed E-state index contributed by atoms with van der Waals surface area (Å²) in [7, 11) is 0. The van der Waals surface area contributed by atoms with Gasteiger partial charge in [0.2, 0.25) is 0 Å². The van der Waals surface area contributed by atoms with Gasteiger partial charge in [-0.1, -0.05) is 0 Å². The van der Waals surface area contributed by atoms with Crippen LogP contribution >= 0.6 is 27.3 Å². The average molecular weight is 285 g/mol. The van der Waals surface area contributed by atoms with Crippen LogP contribution in [0.2, 0.25) is 0 Å². The Labute approximate surface area is 102 Å². The quantitative estimate of drug-likeness (QED) is 0.806. The molecular weight excluding hydrogens is 272 g/mol. The molecule has 2 nitrogen and oxygen atoms in total. The van der Waals surface area contributed by atoms with Gasteiger partial charge in [-0.2, -0.15) is 0 Å². The molecule has 0 fully saturated rings. The first-order valence-electron chi connectivity index (χ1n) is 4.89. The average Bonchev–Trinajstić information content (AvgIpc) is 2.71. The maximum absolute atomic E-state index is 4.31. The zero-order chi connectivity index (χ0) is 11.0. The van der Waals surface area contributed by atoms with Crippen molar-refractivity contribution in [1.82, 2.24) is 9.55 Å². The molecule has 2 aromatic rings. The fraction of sp³-hybridized carbons (Fsp3) is 0.364. The molecule has 4 heteroatoms. The second-order valence-corrected chi connectivity index (χ2v) is 5.78. The van der Waals surface area contributed by atoms with E-state index in [1.54, 1.807) is 11.3 Å². The summed E-state index contributed by atoms with van der Waals surface area (Å²) < 4.78 is 3.10. The molecule has 0 radical (unpaired) electrons. The normalized spacial score (nSPS) is 11.3. The van der Waals surface area contributed by atoms with Crippen molar-refractivity contribution in [2.45, 2.75) is 26.8 Å². The third kappa shape index (κ3) is 2.01. The van der Waals surface area contributed by atoms with E-state index in [1.807, 2.05) is 6.20 Å². The van der Waals surface area contributed by atoms with Gasteiger partial charge in [0.1, 0.15) is 0 Å². The molecule has 0 bridgehead atoms. The molecule has 0 N–H and O–H groups in total. The van der Waals surface area contributed by atoms with Crippen molar-refractivity contribution >= 4 is 27.3 Å². The first-order chi connectivity index (χ1) is 7.09. The Balaban J connectivity index is 2.53. The predicted molar refractivity (Wildman–Crippen MR) is 68.4 cm³/mol. The van der Waals surface area contributed by atoms with Crippen molar-refractivity contribution in [3.05, 3.63) is 27.9 Å². The van der Waals surface area contributed by atoms with E-state index in [4.69, 9.17) is 0 Å². The Bertz CT molecular complexity index is 471. The molecule has 0 unspecified atom stereocenters. The molecule has 0 amide bonds. The number of nitrogens with zero attached hydrogens (tertiary/aromatic N) is 2. The molecule has 0 aliphatic rings. The fourth-order valence-corrected chi connectivity index (χ4v) is 3.16. The van der Waals surface area contributed by atoms with Crippen LogP contribution in [-0.2, 0) is 0 Å². The standard InChI is InChI=1S/C11H13BrN2S/c1-7(2)14-9(6-13-11(14)12)10-5-4-8(3)15-10/h4-7H,1-3H3. The lowest BCUT2D eigenvalue weighted by Crippen LogP contribution is -2.02. The summed E-state index contributed by atoms with van der Waals surface area (Å²) in [6.07, 6.45) is 1.93. The second-order valence-electron chi connectivity index (χ2n) is 3.79. The second kappa shape index (κ2) is 4.10. The van der Waals surface area contributed by atoms with E-state index >= 15 is 0 Å². The minimum Gasteiger partial charge on any atom is -0.315 e. The molecule has 0 saturated heterocycles. The number of hydrogen-bond donors (Lipinski definition) is 0. The molecule has 80 valence electrons. The number of thiophene rings is 1. The number of imidazole rings is 1. The van der Waals surface area contributed by atoms with E-state index in [0.29, 0.717) is 6.04 Å². The molecule has 0 aliphatic heterocycles.